The zero-order valence-corrected chi connectivity index (χ0v) is 21.2. The largest absolute Gasteiger partial charge is 0.466 e. The molecule has 0 spiro atoms. The Morgan fingerprint density at radius 1 is 1.09 bits per heavy atom. The van der Waals surface area contributed by atoms with E-state index in [9.17, 15) is 9.59 Å². The molecule has 1 aliphatic heterocycles. The van der Waals surface area contributed by atoms with Crippen molar-refractivity contribution in [2.45, 2.75) is 50.7 Å². The van der Waals surface area contributed by atoms with Crippen molar-refractivity contribution in [3.8, 4) is 0 Å². The molecule has 0 bridgehead atoms. The van der Waals surface area contributed by atoms with Crippen molar-refractivity contribution < 1.29 is 14.3 Å². The average molecular weight is 513 g/mol. The van der Waals surface area contributed by atoms with Crippen LogP contribution in [0.2, 0.25) is 10.0 Å². The zero-order chi connectivity index (χ0) is 22.9. The second-order valence-corrected chi connectivity index (χ2v) is 11.1. The molecule has 0 radical (unpaired) electrons. The van der Waals surface area contributed by atoms with Crippen molar-refractivity contribution in [3.63, 3.8) is 0 Å². The molecule has 32 heavy (non-hydrogen) atoms. The highest BCUT2D eigenvalue weighted by Crippen LogP contribution is 2.41. The molecule has 0 aliphatic carbocycles. The topological polar surface area (TPSA) is 46.6 Å². The van der Waals surface area contributed by atoms with Gasteiger partial charge in [0.25, 0.3) is 0 Å². The Kier molecular flexibility index (Phi) is 10.1. The van der Waals surface area contributed by atoms with Crippen molar-refractivity contribution in [1.82, 2.24) is 0 Å². The summed E-state index contributed by atoms with van der Waals surface area (Å²) in [4.78, 5) is 27.2. The number of anilines is 2. The Balaban J connectivity index is 1.85. The van der Waals surface area contributed by atoms with Gasteiger partial charge in [0.1, 0.15) is 0 Å². The summed E-state index contributed by atoms with van der Waals surface area (Å²) in [5, 5.41) is 1.46. The Bertz CT molecular complexity index is 915. The quantitative estimate of drug-likeness (QED) is 0.188. The summed E-state index contributed by atoms with van der Waals surface area (Å²) in [7, 11) is 3.89. The van der Waals surface area contributed by atoms with Crippen LogP contribution < -0.4 is 4.90 Å². The number of amides is 1. The third kappa shape index (κ3) is 6.83. The van der Waals surface area contributed by atoms with Gasteiger partial charge in [-0.25, -0.2) is 0 Å². The molecule has 1 saturated heterocycles. The van der Waals surface area contributed by atoms with Gasteiger partial charge in [-0.15, -0.1) is 0 Å². The number of halogens is 2. The van der Waals surface area contributed by atoms with Gasteiger partial charge >= 0.3 is 5.97 Å². The molecule has 1 aliphatic rings. The minimum Gasteiger partial charge on any atom is -0.466 e. The smallest absolute Gasteiger partial charge is 0.310 e. The lowest BCUT2D eigenvalue weighted by Crippen LogP contribution is -2.28. The van der Waals surface area contributed by atoms with Gasteiger partial charge in [-0.1, -0.05) is 75.5 Å². The van der Waals surface area contributed by atoms with Crippen LogP contribution in [0.3, 0.4) is 0 Å². The van der Waals surface area contributed by atoms with E-state index >= 15 is 0 Å². The Hall–Kier alpha value is -1.34. The lowest BCUT2D eigenvalue weighted by molar-refractivity contribution is -0.142. The molecular formula is C24H27Cl2NO3S2. The molecule has 1 unspecified atom stereocenters. The summed E-state index contributed by atoms with van der Waals surface area (Å²) in [6, 6.07) is 12.5. The fraction of sp³-hybridized carbons (Fsp3) is 0.417. The number of carbonyl (C=O) groups is 2. The maximum Gasteiger partial charge on any atom is 0.310 e. The molecule has 1 fully saturated rings. The lowest BCUT2D eigenvalue weighted by atomic mass is 10.1. The van der Waals surface area contributed by atoms with Gasteiger partial charge < -0.3 is 4.74 Å². The standard InChI is InChI=1S/C24H27Cl2NO3S2/c1-2-30-23(29)16-17-8-3-5-12-21(17)27(24-19(25)10-7-11-20(24)26)22(28)13-6-4-9-18-14-15-31-32-18/h3,5,7-8,10-12,18H,2,4,6,9,13-16H2,1H3. The molecule has 1 amide bonds. The van der Waals surface area contributed by atoms with Crippen molar-refractivity contribution in [2.75, 3.05) is 17.3 Å². The Morgan fingerprint density at radius 3 is 2.53 bits per heavy atom. The fourth-order valence-corrected chi connectivity index (χ4v) is 7.25. The SMILES string of the molecule is CCOC(=O)Cc1ccccc1N(C(=O)CCCCC1CCSS1)c1c(Cl)cccc1Cl. The summed E-state index contributed by atoms with van der Waals surface area (Å²) in [6.07, 6.45) is 4.59. The highest BCUT2D eigenvalue weighted by Gasteiger charge is 2.26. The van der Waals surface area contributed by atoms with Gasteiger partial charge in [-0.2, -0.15) is 0 Å². The molecule has 0 saturated carbocycles. The number of para-hydroxylation sites is 2. The van der Waals surface area contributed by atoms with Crippen molar-refractivity contribution in [3.05, 3.63) is 58.1 Å². The number of unbranched alkanes of at least 4 members (excludes halogenated alkanes) is 1. The monoisotopic (exact) mass is 511 g/mol. The summed E-state index contributed by atoms with van der Waals surface area (Å²) < 4.78 is 5.12. The summed E-state index contributed by atoms with van der Waals surface area (Å²) in [6.45, 7) is 2.07. The van der Waals surface area contributed by atoms with E-state index in [0.29, 0.717) is 45.3 Å². The highest BCUT2D eigenvalue weighted by atomic mass is 35.5. The minimum absolute atomic E-state index is 0.0619. The third-order valence-electron chi connectivity index (χ3n) is 5.18. The predicted molar refractivity (Wildman–Crippen MR) is 137 cm³/mol. The predicted octanol–water partition coefficient (Wildman–Crippen LogP) is 7.48. The molecule has 0 N–H and O–H groups in total. The average Bonchev–Trinajstić information content (AvgIpc) is 3.28. The van der Waals surface area contributed by atoms with Crippen LogP contribution >= 0.6 is 44.8 Å². The molecule has 2 aromatic carbocycles. The molecule has 3 rings (SSSR count). The summed E-state index contributed by atoms with van der Waals surface area (Å²) >= 11 is 13.0. The minimum atomic E-state index is -0.343. The van der Waals surface area contributed by atoms with Crippen LogP contribution in [-0.4, -0.2) is 29.5 Å². The van der Waals surface area contributed by atoms with E-state index < -0.39 is 0 Å². The van der Waals surface area contributed by atoms with E-state index in [0.717, 1.165) is 19.3 Å². The maximum absolute atomic E-state index is 13.5. The van der Waals surface area contributed by atoms with E-state index in [-0.39, 0.29) is 18.3 Å². The molecule has 8 heteroatoms. The Morgan fingerprint density at radius 2 is 1.84 bits per heavy atom. The van der Waals surface area contributed by atoms with Gasteiger partial charge in [0.05, 0.1) is 34.4 Å². The van der Waals surface area contributed by atoms with Crippen LogP contribution in [0.4, 0.5) is 11.4 Å². The number of ether oxygens (including phenoxy) is 1. The summed E-state index contributed by atoms with van der Waals surface area (Å²) in [5.74, 6) is 0.777. The maximum atomic E-state index is 13.5. The van der Waals surface area contributed by atoms with Crippen LogP contribution in [0, 0.1) is 0 Å². The first kappa shape index (κ1) is 25.3. The van der Waals surface area contributed by atoms with Crippen LogP contribution in [0.25, 0.3) is 0 Å². The highest BCUT2D eigenvalue weighted by molar-refractivity contribution is 8.77. The molecule has 1 atom stereocenters. The van der Waals surface area contributed by atoms with E-state index in [1.807, 2.05) is 45.9 Å². The number of hydrogen-bond donors (Lipinski definition) is 0. The first-order chi connectivity index (χ1) is 15.5. The van der Waals surface area contributed by atoms with Crippen LogP contribution in [0.1, 0.15) is 44.6 Å². The van der Waals surface area contributed by atoms with Gasteiger partial charge in [0.15, 0.2) is 0 Å². The van der Waals surface area contributed by atoms with Gasteiger partial charge in [0.2, 0.25) is 5.91 Å². The number of carbonyl (C=O) groups excluding carboxylic acids is 2. The molecule has 172 valence electrons. The number of benzene rings is 2. The first-order valence-corrected chi connectivity index (χ1v) is 13.9. The van der Waals surface area contributed by atoms with E-state index in [4.69, 9.17) is 27.9 Å². The van der Waals surface area contributed by atoms with Gasteiger partial charge in [0, 0.05) is 17.4 Å². The van der Waals surface area contributed by atoms with Gasteiger partial charge in [-0.05, 0) is 49.9 Å². The second-order valence-electron chi connectivity index (χ2n) is 7.48. The van der Waals surface area contributed by atoms with Crippen molar-refractivity contribution >= 4 is 68.0 Å². The number of rotatable bonds is 10. The molecule has 2 aromatic rings. The van der Waals surface area contributed by atoms with Crippen molar-refractivity contribution in [1.29, 1.82) is 0 Å². The van der Waals surface area contributed by atoms with Crippen LogP contribution in [0.5, 0.6) is 0 Å². The number of nitrogens with zero attached hydrogens (tertiary/aromatic N) is 1. The van der Waals surface area contributed by atoms with Crippen LogP contribution in [0.15, 0.2) is 42.5 Å². The Labute approximate surface area is 207 Å². The van der Waals surface area contributed by atoms with Crippen LogP contribution in [-0.2, 0) is 20.7 Å². The van der Waals surface area contributed by atoms with E-state index in [1.54, 1.807) is 30.0 Å². The number of hydrogen-bond acceptors (Lipinski definition) is 5. The number of esters is 1. The molecular weight excluding hydrogens is 485 g/mol. The molecule has 1 heterocycles. The van der Waals surface area contributed by atoms with E-state index in [1.165, 1.54) is 12.2 Å². The summed E-state index contributed by atoms with van der Waals surface area (Å²) in [5.41, 5.74) is 1.73. The lowest BCUT2D eigenvalue weighted by Gasteiger charge is -2.27. The van der Waals surface area contributed by atoms with Crippen molar-refractivity contribution in [2.24, 2.45) is 0 Å². The molecule has 0 aromatic heterocycles. The first-order valence-electron chi connectivity index (χ1n) is 10.8. The zero-order valence-electron chi connectivity index (χ0n) is 18.0. The third-order valence-corrected chi connectivity index (χ3v) is 8.79. The molecule has 4 nitrogen and oxygen atoms in total. The normalized spacial score (nSPS) is 15.5. The van der Waals surface area contributed by atoms with E-state index in [2.05, 4.69) is 0 Å². The second kappa shape index (κ2) is 12.8. The van der Waals surface area contributed by atoms with Gasteiger partial charge in [-0.3, -0.25) is 14.5 Å². The fourth-order valence-electron chi connectivity index (χ4n) is 3.65.